The van der Waals surface area contributed by atoms with Gasteiger partial charge in [-0.1, -0.05) is 168 Å². The van der Waals surface area contributed by atoms with E-state index in [0.29, 0.717) is 25.7 Å². The number of hydrogen-bond acceptors (Lipinski definition) is 5. The van der Waals surface area contributed by atoms with E-state index in [1.807, 2.05) is 0 Å². The fraction of sp³-hybridized carbons (Fsp3) is 0.943. The van der Waals surface area contributed by atoms with Crippen LogP contribution in [0.25, 0.3) is 0 Å². The van der Waals surface area contributed by atoms with Crippen molar-refractivity contribution in [3.63, 3.8) is 0 Å². The van der Waals surface area contributed by atoms with Gasteiger partial charge in [0.2, 0.25) is 0 Å². The molecule has 1 N–H and O–H groups in total. The monoisotopic (exact) mass is 578 g/mol. The topological polar surface area (TPSA) is 72.8 Å². The van der Waals surface area contributed by atoms with Crippen LogP contribution in [0.5, 0.6) is 0 Å². The molecule has 40 heavy (non-hydrogen) atoms. The van der Waals surface area contributed by atoms with E-state index in [2.05, 4.69) is 6.92 Å². The molecule has 0 aliphatic carbocycles. The number of carbonyl (C=O) groups is 2. The Morgan fingerprint density at radius 3 is 1.50 bits per heavy atom. The van der Waals surface area contributed by atoms with Crippen molar-refractivity contribution in [1.82, 2.24) is 0 Å². The van der Waals surface area contributed by atoms with Crippen LogP contribution in [0, 0.1) is 0 Å². The average Bonchev–Trinajstić information content (AvgIpc) is 3.03. The lowest BCUT2D eigenvalue weighted by Crippen LogP contribution is -2.28. The van der Waals surface area contributed by atoms with Gasteiger partial charge in [-0.15, -0.1) is 0 Å². The Kier molecular flexibility index (Phi) is 20.6. The van der Waals surface area contributed by atoms with Crippen molar-refractivity contribution >= 4 is 11.9 Å². The molecule has 0 aromatic carbocycles. The van der Waals surface area contributed by atoms with E-state index in [-0.39, 0.29) is 31.4 Å². The summed E-state index contributed by atoms with van der Waals surface area (Å²) >= 11 is 0. The third-order valence-electron chi connectivity index (χ3n) is 7.25. The van der Waals surface area contributed by atoms with Crippen LogP contribution < -0.4 is 0 Å². The Balaban J connectivity index is 3.82. The Hall–Kier alpha value is -1.10. The molecule has 0 aliphatic heterocycles. The lowest BCUT2D eigenvalue weighted by atomic mass is 10.0. The first-order valence-corrected chi connectivity index (χ1v) is 16.5. The number of rotatable bonds is 32. The molecule has 0 saturated heterocycles. The molecular formula is C35H68O5. The van der Waals surface area contributed by atoms with Crippen molar-refractivity contribution in [1.29, 1.82) is 0 Å². The smallest absolute Gasteiger partial charge is 0.306 e. The van der Waals surface area contributed by atoms with Gasteiger partial charge < -0.3 is 14.6 Å². The highest BCUT2D eigenvalue weighted by molar-refractivity contribution is 5.70. The number of ether oxygens (including phenoxy) is 2. The molecule has 0 fully saturated rings. The highest BCUT2D eigenvalue weighted by Gasteiger charge is 2.16. The minimum absolute atomic E-state index is 0.154. The normalized spacial score (nSPS) is 16.7. The van der Waals surface area contributed by atoms with Gasteiger partial charge in [0.05, 0.1) is 6.61 Å². The van der Waals surface area contributed by atoms with Crippen molar-refractivity contribution in [3.8, 4) is 0 Å². The molecule has 0 saturated carbocycles. The maximum atomic E-state index is 12.1. The van der Waals surface area contributed by atoms with Gasteiger partial charge in [-0.3, -0.25) is 9.59 Å². The first-order valence-electron chi connectivity index (χ1n) is 21.0. The summed E-state index contributed by atoms with van der Waals surface area (Å²) in [5.41, 5.74) is 0. The molecule has 1 atom stereocenters. The fourth-order valence-electron chi connectivity index (χ4n) is 4.74. The number of aliphatic hydroxyl groups excluding tert-OH is 1. The van der Waals surface area contributed by atoms with Crippen LogP contribution in [-0.4, -0.2) is 36.4 Å². The zero-order chi connectivity index (χ0) is 37.2. The second-order valence-corrected chi connectivity index (χ2v) is 11.1. The second-order valence-electron chi connectivity index (χ2n) is 11.1. The van der Waals surface area contributed by atoms with Gasteiger partial charge in [-0.2, -0.15) is 0 Å². The Morgan fingerprint density at radius 2 is 1.05 bits per heavy atom. The molecule has 0 aromatic heterocycles. The van der Waals surface area contributed by atoms with Gasteiger partial charge in [-0.25, -0.2) is 0 Å². The quantitative estimate of drug-likeness (QED) is 0.0636. The molecule has 0 bridgehead atoms. The van der Waals surface area contributed by atoms with Crippen LogP contribution >= 0.6 is 0 Å². The van der Waals surface area contributed by atoms with Crippen LogP contribution in [0.2, 0.25) is 0 Å². The van der Waals surface area contributed by atoms with Gasteiger partial charge >= 0.3 is 11.9 Å². The Labute approximate surface area is 261 Å². The first-order chi connectivity index (χ1) is 23.0. The summed E-state index contributed by atoms with van der Waals surface area (Å²) < 4.78 is 79.4. The van der Waals surface area contributed by atoms with Crippen molar-refractivity contribution in [2.45, 2.75) is 200 Å². The summed E-state index contributed by atoms with van der Waals surface area (Å²) in [6, 6.07) is 0. The van der Waals surface area contributed by atoms with E-state index in [1.54, 1.807) is 0 Å². The lowest BCUT2D eigenvalue weighted by Gasteiger charge is -2.15. The fourth-order valence-corrected chi connectivity index (χ4v) is 4.74. The Bertz CT molecular complexity index is 854. The third kappa shape index (κ3) is 29.9. The van der Waals surface area contributed by atoms with Crippen molar-refractivity contribution in [2.24, 2.45) is 0 Å². The standard InChI is InChI=1S/C35H68O5/c1-3-5-7-9-11-13-15-17-19-21-23-25-27-29-34(37)39-32-33(31-36)40-35(38)30-28-26-24-22-20-18-16-14-12-10-8-6-4-2/h33,36H,3-32H2,1-2H3/t33-/m0/s1/i1D3,3D2,5D2,7D2. The van der Waals surface area contributed by atoms with Gasteiger partial charge in [-0.05, 0) is 12.8 Å². The predicted molar refractivity (Wildman–Crippen MR) is 169 cm³/mol. The number of aliphatic hydroxyl groups is 1. The molecule has 5 nitrogen and oxygen atoms in total. The van der Waals surface area contributed by atoms with E-state index in [4.69, 9.17) is 21.8 Å². The van der Waals surface area contributed by atoms with Crippen LogP contribution in [0.3, 0.4) is 0 Å². The number of hydrogen-bond donors (Lipinski definition) is 1. The summed E-state index contributed by atoms with van der Waals surface area (Å²) in [7, 11) is 0. The van der Waals surface area contributed by atoms with Crippen molar-refractivity contribution < 1.29 is 36.5 Å². The average molecular weight is 578 g/mol. The van der Waals surface area contributed by atoms with E-state index in [9.17, 15) is 14.7 Å². The minimum Gasteiger partial charge on any atom is -0.462 e. The number of esters is 2. The molecule has 0 heterocycles. The zero-order valence-corrected chi connectivity index (χ0v) is 25.7. The summed E-state index contributed by atoms with van der Waals surface area (Å²) in [6.07, 6.45) is 13.4. The summed E-state index contributed by atoms with van der Waals surface area (Å²) in [4.78, 5) is 24.2. The van der Waals surface area contributed by atoms with Crippen LogP contribution in [0.15, 0.2) is 0 Å². The highest BCUT2D eigenvalue weighted by atomic mass is 16.6. The molecule has 5 heteroatoms. The largest absolute Gasteiger partial charge is 0.462 e. The van der Waals surface area contributed by atoms with Crippen LogP contribution in [-0.2, 0) is 19.1 Å². The summed E-state index contributed by atoms with van der Waals surface area (Å²) in [6.45, 7) is -1.59. The van der Waals surface area contributed by atoms with Crippen LogP contribution in [0.1, 0.15) is 206 Å². The molecule has 238 valence electrons. The van der Waals surface area contributed by atoms with Crippen LogP contribution in [0.4, 0.5) is 0 Å². The zero-order valence-electron chi connectivity index (χ0n) is 34.7. The predicted octanol–water partition coefficient (Wildman–Crippen LogP) is 10.4. The van der Waals surface area contributed by atoms with Crippen molar-refractivity contribution in [2.75, 3.05) is 13.2 Å². The molecule has 0 aliphatic rings. The van der Waals surface area contributed by atoms with E-state index >= 15 is 0 Å². The molecule has 0 unspecified atom stereocenters. The van der Waals surface area contributed by atoms with Gasteiger partial charge in [0.15, 0.2) is 6.10 Å². The van der Waals surface area contributed by atoms with Gasteiger partial charge in [0, 0.05) is 25.2 Å². The SMILES string of the molecule is [2H]C([2H])([2H])C([2H])([2H])C([2H])([2H])C([2H])([2H])CCCCCCCCCCCC(=O)OC[C@H](CO)OC(=O)CCCCCCCCCCCCCCC. The maximum absolute atomic E-state index is 12.1. The molecule has 0 aromatic rings. The molecule has 0 amide bonds. The van der Waals surface area contributed by atoms with Crippen molar-refractivity contribution in [3.05, 3.63) is 0 Å². The Morgan fingerprint density at radius 1 is 0.625 bits per heavy atom. The maximum Gasteiger partial charge on any atom is 0.306 e. The summed E-state index contributed by atoms with van der Waals surface area (Å²) in [5, 5.41) is 9.53. The third-order valence-corrected chi connectivity index (χ3v) is 7.25. The first kappa shape index (κ1) is 25.4. The highest BCUT2D eigenvalue weighted by Crippen LogP contribution is 2.15. The molecule has 0 rings (SSSR count). The molecule has 0 spiro atoms. The number of carbonyl (C=O) groups excluding carboxylic acids is 2. The van der Waals surface area contributed by atoms with E-state index in [1.165, 1.54) is 64.2 Å². The summed E-state index contributed by atoms with van der Waals surface area (Å²) in [5.74, 6) is -0.764. The second kappa shape index (κ2) is 32.4. The number of unbranched alkanes of at least 4 members (excludes halogenated alkanes) is 20. The van der Waals surface area contributed by atoms with Gasteiger partial charge in [0.25, 0.3) is 0 Å². The van der Waals surface area contributed by atoms with E-state index in [0.717, 1.165) is 57.8 Å². The van der Waals surface area contributed by atoms with Gasteiger partial charge in [0.1, 0.15) is 6.61 Å². The molecular weight excluding hydrogens is 500 g/mol. The minimum atomic E-state index is -3.30. The lowest BCUT2D eigenvalue weighted by molar-refractivity contribution is -0.161. The van der Waals surface area contributed by atoms with E-state index < -0.39 is 38.7 Å². The molecule has 0 radical (unpaired) electrons.